The molecule has 0 aliphatic carbocycles. The lowest BCUT2D eigenvalue weighted by Gasteiger charge is -2.40. The number of fused-ring (bicyclic) bond motifs is 2. The number of aromatic amines is 2. The van der Waals surface area contributed by atoms with Crippen LogP contribution in [0.4, 0.5) is 19.2 Å². The number of nitrogens with zero attached hydrogens (tertiary/aromatic N) is 6. The van der Waals surface area contributed by atoms with E-state index in [2.05, 4.69) is 9.97 Å². The molecule has 4 aromatic carbocycles. The molecule has 1 unspecified atom stereocenters. The summed E-state index contributed by atoms with van der Waals surface area (Å²) in [5, 5.41) is 0. The minimum atomic E-state index is -0.690. The van der Waals surface area contributed by atoms with Gasteiger partial charge in [-0.1, -0.05) is 72.8 Å². The van der Waals surface area contributed by atoms with Crippen LogP contribution in [0, 0.1) is 0 Å². The fourth-order valence-electron chi connectivity index (χ4n) is 7.79. The molecule has 2 aliphatic heterocycles. The van der Waals surface area contributed by atoms with Gasteiger partial charge in [-0.05, 0) is 88.1 Å². The Morgan fingerprint density at radius 2 is 0.938 bits per heavy atom. The molecule has 2 aliphatic rings. The lowest BCUT2D eigenvalue weighted by molar-refractivity contribution is -0.000390. The molecule has 4 heterocycles. The first-order valence-corrected chi connectivity index (χ1v) is 21.5. The quantitative estimate of drug-likeness (QED) is 0.147. The molecule has 0 radical (unpaired) electrons. The van der Waals surface area contributed by atoms with E-state index in [1.165, 1.54) is 0 Å². The highest BCUT2D eigenvalue weighted by molar-refractivity contribution is 5.87. The van der Waals surface area contributed by atoms with E-state index >= 15 is 0 Å². The van der Waals surface area contributed by atoms with Crippen molar-refractivity contribution in [2.45, 2.75) is 78.0 Å². The van der Waals surface area contributed by atoms with Crippen LogP contribution in [0.5, 0.6) is 0 Å². The van der Waals surface area contributed by atoms with E-state index in [1.807, 2.05) is 139 Å². The van der Waals surface area contributed by atoms with Gasteiger partial charge in [0.15, 0.2) is 0 Å². The Morgan fingerprint density at radius 3 is 1.31 bits per heavy atom. The zero-order valence-electron chi connectivity index (χ0n) is 37.0. The van der Waals surface area contributed by atoms with Gasteiger partial charge in [0.1, 0.15) is 48.1 Å². The molecular weight excluding hydrogens is 817 g/mol. The van der Waals surface area contributed by atoms with Gasteiger partial charge in [0, 0.05) is 26.2 Å². The molecule has 2 N–H and O–H groups in total. The second-order valence-electron chi connectivity index (χ2n) is 18.1. The summed E-state index contributed by atoms with van der Waals surface area (Å²) in [5.41, 5.74) is 4.95. The molecule has 2 aromatic heterocycles. The van der Waals surface area contributed by atoms with Crippen molar-refractivity contribution in [3.8, 4) is 11.1 Å². The maximum absolute atomic E-state index is 13.6. The Morgan fingerprint density at radius 1 is 0.547 bits per heavy atom. The molecule has 0 spiro atoms. The van der Waals surface area contributed by atoms with Crippen LogP contribution < -0.4 is 0 Å². The summed E-state index contributed by atoms with van der Waals surface area (Å²) in [6.07, 6.45) is -1.96. The third-order valence-electron chi connectivity index (χ3n) is 10.9. The average Bonchev–Trinajstić information content (AvgIpc) is 3.91. The minimum absolute atomic E-state index is 0.106. The van der Waals surface area contributed by atoms with Crippen molar-refractivity contribution in [3.05, 3.63) is 120 Å². The topological polar surface area (TPSA) is 176 Å². The summed E-state index contributed by atoms with van der Waals surface area (Å²) in [5.74, 6) is 1.01. The molecule has 0 saturated carbocycles. The number of piperazine rings is 2. The van der Waals surface area contributed by atoms with Gasteiger partial charge < -0.3 is 38.7 Å². The average molecular weight is 871 g/mol. The van der Waals surface area contributed by atoms with Gasteiger partial charge in [0.25, 0.3) is 0 Å². The Bertz CT molecular complexity index is 2450. The fourth-order valence-corrected chi connectivity index (χ4v) is 7.79. The maximum Gasteiger partial charge on any atom is 0.410 e. The third-order valence-corrected chi connectivity index (χ3v) is 10.9. The second kappa shape index (κ2) is 17.9. The summed E-state index contributed by atoms with van der Waals surface area (Å²) >= 11 is 0. The van der Waals surface area contributed by atoms with Crippen molar-refractivity contribution in [2.24, 2.45) is 0 Å². The van der Waals surface area contributed by atoms with Gasteiger partial charge in [-0.25, -0.2) is 29.1 Å². The SMILES string of the molecule is CC(C)(C)OC(=O)N1CCN(C(=O)OCc2ccccc2)C(c2nc3ccc(-c4ccc5nc([C@@H]6CN(C(=O)OC(C)(C)C)CCN6C(=O)OCc6ccccc6)[nH]c5c4)cc3[nH]2)C1. The van der Waals surface area contributed by atoms with Crippen molar-refractivity contribution in [2.75, 3.05) is 39.3 Å². The first-order valence-electron chi connectivity index (χ1n) is 21.5. The largest absolute Gasteiger partial charge is 0.445 e. The number of rotatable bonds is 7. The zero-order valence-corrected chi connectivity index (χ0v) is 37.0. The number of imidazole rings is 2. The number of aromatic nitrogens is 4. The number of ether oxygens (including phenoxy) is 4. The van der Waals surface area contributed by atoms with Crippen LogP contribution >= 0.6 is 0 Å². The van der Waals surface area contributed by atoms with Crippen molar-refractivity contribution >= 4 is 46.4 Å². The Balaban J connectivity index is 1.05. The van der Waals surface area contributed by atoms with Crippen LogP contribution in [0.25, 0.3) is 33.2 Å². The highest BCUT2D eigenvalue weighted by Crippen LogP contribution is 2.33. The number of amides is 4. The second-order valence-corrected chi connectivity index (χ2v) is 18.1. The number of nitrogens with one attached hydrogen (secondary N) is 2. The van der Waals surface area contributed by atoms with Crippen molar-refractivity contribution in [3.63, 3.8) is 0 Å². The summed E-state index contributed by atoms with van der Waals surface area (Å²) in [7, 11) is 0. The molecule has 0 bridgehead atoms. The minimum Gasteiger partial charge on any atom is -0.445 e. The number of hydrogen-bond acceptors (Lipinski definition) is 10. The van der Waals surface area contributed by atoms with Gasteiger partial charge in [-0.2, -0.15) is 0 Å². The van der Waals surface area contributed by atoms with Gasteiger partial charge in [-0.15, -0.1) is 0 Å². The standard InChI is InChI=1S/C48H54N8O8/c1-47(2,3)63-43(57)53-21-23-55(45(59)61-29-31-13-9-7-10-14-31)39(27-53)41-49-35-19-17-33(25-37(35)51-41)34-18-20-36-38(26-34)52-42(50-36)40-28-54(44(58)64-48(4,5)6)22-24-56(40)46(60)62-30-32-15-11-8-12-16-32/h7-20,25-26,39-40H,21-24,27-30H2,1-6H3,(H,49,51)(H,50,52)/t39-,40?/m0/s1. The van der Waals surface area contributed by atoms with E-state index in [0.29, 0.717) is 22.7 Å². The first kappa shape index (κ1) is 43.5. The van der Waals surface area contributed by atoms with Crippen molar-refractivity contribution in [1.82, 2.24) is 39.5 Å². The molecule has 2 atom stereocenters. The smallest absolute Gasteiger partial charge is 0.410 e. The van der Waals surface area contributed by atoms with Gasteiger partial charge in [0.05, 0.1) is 35.2 Å². The van der Waals surface area contributed by atoms with Crippen LogP contribution in [0.1, 0.15) is 76.4 Å². The number of H-pyrrole nitrogens is 2. The predicted octanol–water partition coefficient (Wildman–Crippen LogP) is 8.97. The van der Waals surface area contributed by atoms with Crippen LogP contribution in [0.15, 0.2) is 97.1 Å². The van der Waals surface area contributed by atoms with E-state index in [0.717, 1.165) is 33.3 Å². The molecule has 4 amide bonds. The van der Waals surface area contributed by atoms with Gasteiger partial charge >= 0.3 is 24.4 Å². The number of hydrogen-bond donors (Lipinski definition) is 2. The lowest BCUT2D eigenvalue weighted by Crippen LogP contribution is -2.53. The third kappa shape index (κ3) is 10.2. The van der Waals surface area contributed by atoms with E-state index in [1.54, 1.807) is 19.6 Å². The highest BCUT2D eigenvalue weighted by atomic mass is 16.6. The molecule has 16 nitrogen and oxygen atoms in total. The van der Waals surface area contributed by atoms with E-state index < -0.39 is 47.7 Å². The number of carbonyl (C=O) groups excluding carboxylic acids is 4. The van der Waals surface area contributed by atoms with E-state index in [4.69, 9.17) is 28.9 Å². The Kier molecular flexibility index (Phi) is 12.2. The van der Waals surface area contributed by atoms with Crippen LogP contribution in [0.3, 0.4) is 0 Å². The van der Waals surface area contributed by atoms with Gasteiger partial charge in [-0.3, -0.25) is 9.80 Å². The molecule has 64 heavy (non-hydrogen) atoms. The molecule has 334 valence electrons. The molecule has 16 heteroatoms. The zero-order chi connectivity index (χ0) is 45.2. The summed E-state index contributed by atoms with van der Waals surface area (Å²) in [6, 6.07) is 29.4. The van der Waals surface area contributed by atoms with Crippen LogP contribution in [-0.2, 0) is 32.2 Å². The number of benzene rings is 4. The Hall–Kier alpha value is -7.10. The number of carbonyl (C=O) groups is 4. The summed E-state index contributed by atoms with van der Waals surface area (Å²) < 4.78 is 22.9. The van der Waals surface area contributed by atoms with E-state index in [9.17, 15) is 19.2 Å². The first-order chi connectivity index (χ1) is 30.6. The van der Waals surface area contributed by atoms with Crippen molar-refractivity contribution < 1.29 is 38.1 Å². The molecule has 2 fully saturated rings. The monoisotopic (exact) mass is 870 g/mol. The molecule has 8 rings (SSSR count). The van der Waals surface area contributed by atoms with Crippen LogP contribution in [0.2, 0.25) is 0 Å². The molecular formula is C48H54N8O8. The molecule has 6 aromatic rings. The van der Waals surface area contributed by atoms with Crippen LogP contribution in [-0.4, -0.2) is 114 Å². The highest BCUT2D eigenvalue weighted by Gasteiger charge is 2.39. The van der Waals surface area contributed by atoms with Gasteiger partial charge in [0.2, 0.25) is 0 Å². The normalized spacial score (nSPS) is 17.1. The lowest BCUT2D eigenvalue weighted by atomic mass is 10.0. The fraction of sp³-hybridized carbons (Fsp3) is 0.375. The van der Waals surface area contributed by atoms with Crippen molar-refractivity contribution in [1.29, 1.82) is 0 Å². The summed E-state index contributed by atoms with van der Waals surface area (Å²) in [6.45, 7) is 12.4. The summed E-state index contributed by atoms with van der Waals surface area (Å²) in [4.78, 5) is 76.8. The maximum atomic E-state index is 13.6. The molecule has 2 saturated heterocycles. The van der Waals surface area contributed by atoms with E-state index in [-0.39, 0.29) is 52.5 Å². The Labute approximate surface area is 371 Å². The predicted molar refractivity (Wildman–Crippen MR) is 239 cm³/mol.